The van der Waals surface area contributed by atoms with Crippen LogP contribution in [0.3, 0.4) is 0 Å². The Bertz CT molecular complexity index is 1320. The Morgan fingerprint density at radius 1 is 1.21 bits per heavy atom. The maximum atomic E-state index is 13.4. The lowest BCUT2D eigenvalue weighted by molar-refractivity contribution is -0.126. The highest BCUT2D eigenvalue weighted by molar-refractivity contribution is 6.33. The fourth-order valence-corrected chi connectivity index (χ4v) is 5.00. The molecule has 9 nitrogen and oxygen atoms in total. The average Bonchev–Trinajstić information content (AvgIpc) is 3.28. The molecule has 2 aliphatic rings. The lowest BCUT2D eigenvalue weighted by Gasteiger charge is -2.26. The van der Waals surface area contributed by atoms with E-state index in [1.807, 2.05) is 42.5 Å². The number of amides is 2. The summed E-state index contributed by atoms with van der Waals surface area (Å²) in [5, 5.41) is 16.4. The van der Waals surface area contributed by atoms with E-state index in [2.05, 4.69) is 20.6 Å². The monoisotopic (exact) mass is 535 g/mol. The Hall–Kier alpha value is -3.53. The van der Waals surface area contributed by atoms with Gasteiger partial charge in [0.2, 0.25) is 11.9 Å². The molecule has 10 heteroatoms. The van der Waals surface area contributed by atoms with Crippen LogP contribution < -0.4 is 10.6 Å². The molecule has 3 N–H and O–H groups in total. The molecular weight excluding hydrogens is 506 g/mol. The number of anilines is 1. The fraction of sp³-hybridized carbons (Fsp3) is 0.357. The van der Waals surface area contributed by atoms with Gasteiger partial charge in [-0.2, -0.15) is 0 Å². The molecule has 2 atom stereocenters. The number of fused-ring (bicyclic) bond motifs is 1. The third-order valence-electron chi connectivity index (χ3n) is 7.06. The summed E-state index contributed by atoms with van der Waals surface area (Å²) in [6.45, 7) is 3.15. The smallest absolute Gasteiger partial charge is 0.255 e. The number of hydrogen-bond acceptors (Lipinski definition) is 7. The number of rotatable bonds is 8. The number of aliphatic hydroxyl groups excluding tert-OH is 1. The summed E-state index contributed by atoms with van der Waals surface area (Å²) in [6.07, 6.45) is 3.31. The average molecular weight is 536 g/mol. The Morgan fingerprint density at radius 3 is 2.71 bits per heavy atom. The van der Waals surface area contributed by atoms with Gasteiger partial charge >= 0.3 is 0 Å². The highest BCUT2D eigenvalue weighted by atomic mass is 35.5. The number of nitrogens with zero attached hydrogens (tertiary/aromatic N) is 3. The number of carbonyl (C=O) groups is 2. The molecule has 0 radical (unpaired) electrons. The summed E-state index contributed by atoms with van der Waals surface area (Å²) >= 11 is 6.45. The van der Waals surface area contributed by atoms with E-state index in [1.54, 1.807) is 19.2 Å². The summed E-state index contributed by atoms with van der Waals surface area (Å²) in [7, 11) is 0. The van der Waals surface area contributed by atoms with E-state index in [-0.39, 0.29) is 24.5 Å². The summed E-state index contributed by atoms with van der Waals surface area (Å²) < 4.78 is 5.41. The molecule has 2 aromatic carbocycles. The van der Waals surface area contributed by atoms with Crippen LogP contribution in [0.15, 0.2) is 54.7 Å². The molecule has 2 aliphatic heterocycles. The van der Waals surface area contributed by atoms with Crippen molar-refractivity contribution in [2.45, 2.75) is 44.4 Å². The van der Waals surface area contributed by atoms with E-state index in [1.165, 1.54) is 4.90 Å². The zero-order valence-corrected chi connectivity index (χ0v) is 21.8. The molecule has 3 aromatic rings. The van der Waals surface area contributed by atoms with Gasteiger partial charge in [0.15, 0.2) is 0 Å². The maximum Gasteiger partial charge on any atom is 0.255 e. The van der Waals surface area contributed by atoms with Crippen LogP contribution in [-0.2, 0) is 16.1 Å². The molecule has 2 amide bonds. The van der Waals surface area contributed by atoms with E-state index >= 15 is 0 Å². The van der Waals surface area contributed by atoms with Crippen molar-refractivity contribution in [3.63, 3.8) is 0 Å². The van der Waals surface area contributed by atoms with Gasteiger partial charge in [-0.25, -0.2) is 9.97 Å². The molecule has 0 unspecified atom stereocenters. The molecular formula is C28H30ClN5O4. The van der Waals surface area contributed by atoms with Gasteiger partial charge in [-0.1, -0.05) is 54.1 Å². The fourth-order valence-electron chi connectivity index (χ4n) is 4.80. The Morgan fingerprint density at radius 2 is 1.97 bits per heavy atom. The van der Waals surface area contributed by atoms with Gasteiger partial charge in [-0.3, -0.25) is 9.59 Å². The Labute approximate surface area is 226 Å². The minimum absolute atomic E-state index is 0.230. The Kier molecular flexibility index (Phi) is 7.87. The van der Waals surface area contributed by atoms with Gasteiger partial charge in [0, 0.05) is 36.9 Å². The molecule has 0 spiro atoms. The second-order valence-corrected chi connectivity index (χ2v) is 9.96. The van der Waals surface area contributed by atoms with Crippen molar-refractivity contribution in [3.05, 3.63) is 76.4 Å². The highest BCUT2D eigenvalue weighted by Crippen LogP contribution is 2.32. The minimum atomic E-state index is -0.728. The summed E-state index contributed by atoms with van der Waals surface area (Å²) in [6, 6.07) is 13.7. The van der Waals surface area contributed by atoms with Crippen LogP contribution in [0.1, 0.15) is 47.3 Å². The van der Waals surface area contributed by atoms with Gasteiger partial charge in [-0.05, 0) is 37.0 Å². The van der Waals surface area contributed by atoms with Gasteiger partial charge in [0.1, 0.15) is 6.04 Å². The quantitative estimate of drug-likeness (QED) is 0.403. The molecule has 3 heterocycles. The van der Waals surface area contributed by atoms with Crippen LogP contribution in [0.2, 0.25) is 5.02 Å². The summed E-state index contributed by atoms with van der Waals surface area (Å²) in [5.74, 6) is -0.0978. The molecule has 0 saturated carbocycles. The van der Waals surface area contributed by atoms with Crippen LogP contribution in [0.4, 0.5) is 5.95 Å². The lowest BCUT2D eigenvalue weighted by Crippen LogP contribution is -2.46. The largest absolute Gasteiger partial charge is 0.394 e. The first-order valence-corrected chi connectivity index (χ1v) is 13.1. The predicted molar refractivity (Wildman–Crippen MR) is 144 cm³/mol. The van der Waals surface area contributed by atoms with Gasteiger partial charge in [-0.15, -0.1) is 0 Å². The van der Waals surface area contributed by atoms with E-state index < -0.39 is 12.1 Å². The zero-order chi connectivity index (χ0) is 26.6. The second kappa shape index (κ2) is 11.5. The highest BCUT2D eigenvalue weighted by Gasteiger charge is 2.35. The number of nitrogens with one attached hydrogen (secondary N) is 2. The van der Waals surface area contributed by atoms with Crippen molar-refractivity contribution in [2.75, 3.05) is 25.1 Å². The molecule has 0 bridgehead atoms. The third-order valence-corrected chi connectivity index (χ3v) is 7.34. The van der Waals surface area contributed by atoms with Gasteiger partial charge in [0.05, 0.1) is 29.6 Å². The van der Waals surface area contributed by atoms with E-state index in [4.69, 9.17) is 16.3 Å². The molecule has 38 heavy (non-hydrogen) atoms. The van der Waals surface area contributed by atoms with Gasteiger partial charge < -0.3 is 25.4 Å². The maximum absolute atomic E-state index is 13.4. The SMILES string of the molecule is C[C@@H](C(=O)N[C@H](CO)c1ccccc1)N1Cc2ccc(-c3nc(NC4CCOCC4)ncc3Cl)cc2C1=O. The van der Waals surface area contributed by atoms with E-state index in [9.17, 15) is 14.7 Å². The van der Waals surface area contributed by atoms with E-state index in [0.717, 1.165) is 24.0 Å². The molecule has 5 rings (SSSR count). The standard InChI is InChI=1S/C28H30ClN5O4/c1-17(26(36)32-24(16-35)18-5-3-2-4-6-18)34-15-20-8-7-19(13-22(20)27(34)37)25-23(29)14-30-28(33-25)31-21-9-11-38-12-10-21/h2-8,13-14,17,21,24,35H,9-12,15-16H2,1H3,(H,32,36)(H,30,31,33)/t17-,24+/m0/s1. The number of aliphatic hydroxyl groups is 1. The first kappa shape index (κ1) is 26.1. The minimum Gasteiger partial charge on any atom is -0.394 e. The Balaban J connectivity index is 1.31. The zero-order valence-electron chi connectivity index (χ0n) is 21.1. The van der Waals surface area contributed by atoms with Crippen molar-refractivity contribution < 1.29 is 19.4 Å². The van der Waals surface area contributed by atoms with Crippen LogP contribution in [0, 0.1) is 0 Å². The van der Waals surface area contributed by atoms with Crippen LogP contribution in [0.5, 0.6) is 0 Å². The van der Waals surface area contributed by atoms with Crippen molar-refractivity contribution in [2.24, 2.45) is 0 Å². The molecule has 0 aliphatic carbocycles. The number of carbonyl (C=O) groups excluding carboxylic acids is 2. The number of benzene rings is 2. The van der Waals surface area contributed by atoms with Crippen molar-refractivity contribution in [3.8, 4) is 11.3 Å². The predicted octanol–water partition coefficient (Wildman–Crippen LogP) is 3.58. The van der Waals surface area contributed by atoms with Crippen LogP contribution in [0.25, 0.3) is 11.3 Å². The lowest BCUT2D eigenvalue weighted by atomic mass is 10.0. The second-order valence-electron chi connectivity index (χ2n) is 9.56. The normalized spacial score (nSPS) is 17.1. The molecule has 198 valence electrons. The number of aromatic nitrogens is 2. The molecule has 1 aromatic heterocycles. The van der Waals surface area contributed by atoms with Crippen molar-refractivity contribution >= 4 is 29.4 Å². The molecule has 1 fully saturated rings. The van der Waals surface area contributed by atoms with Crippen molar-refractivity contribution in [1.29, 1.82) is 0 Å². The summed E-state index contributed by atoms with van der Waals surface area (Å²) in [4.78, 5) is 36.9. The van der Waals surface area contributed by atoms with Gasteiger partial charge in [0.25, 0.3) is 5.91 Å². The van der Waals surface area contributed by atoms with E-state index in [0.29, 0.717) is 47.6 Å². The number of halogens is 1. The van der Waals surface area contributed by atoms with Crippen molar-refractivity contribution in [1.82, 2.24) is 20.2 Å². The van der Waals surface area contributed by atoms with Crippen LogP contribution >= 0.6 is 11.6 Å². The third kappa shape index (κ3) is 5.50. The molecule has 1 saturated heterocycles. The van der Waals surface area contributed by atoms with Crippen LogP contribution in [-0.4, -0.2) is 63.7 Å². The number of ether oxygens (including phenoxy) is 1. The number of hydrogen-bond donors (Lipinski definition) is 3. The topological polar surface area (TPSA) is 117 Å². The first-order chi connectivity index (χ1) is 18.4. The first-order valence-electron chi connectivity index (χ1n) is 12.7. The summed E-state index contributed by atoms with van der Waals surface area (Å²) in [5.41, 5.74) is 3.36.